The van der Waals surface area contributed by atoms with Crippen molar-refractivity contribution in [3.8, 4) is 5.75 Å². The number of methoxy groups -OCH3 is 1. The number of pyridine rings is 2. The van der Waals surface area contributed by atoms with E-state index in [2.05, 4.69) is 9.97 Å². The van der Waals surface area contributed by atoms with Gasteiger partial charge in [-0.2, -0.15) is 0 Å². The molecule has 0 bridgehead atoms. The van der Waals surface area contributed by atoms with E-state index in [-0.39, 0.29) is 22.0 Å². The molecule has 0 aliphatic heterocycles. The molecule has 0 saturated carbocycles. The van der Waals surface area contributed by atoms with E-state index in [9.17, 15) is 22.3 Å². The zero-order valence-corrected chi connectivity index (χ0v) is 23.7. The van der Waals surface area contributed by atoms with Crippen LogP contribution in [0, 0.1) is 0 Å². The highest BCUT2D eigenvalue weighted by molar-refractivity contribution is 7.95. The van der Waals surface area contributed by atoms with E-state index in [1.807, 2.05) is 0 Å². The number of likely N-dealkylation sites (N-methyl/N-ethyl adjacent to an activating group) is 1. The summed E-state index contributed by atoms with van der Waals surface area (Å²) in [7, 11) is -5.75. The van der Waals surface area contributed by atoms with Crippen LogP contribution in [0.2, 0.25) is 0 Å². The van der Waals surface area contributed by atoms with Gasteiger partial charge < -0.3 is 13.8 Å². The smallest absolute Gasteiger partial charge is 0.328 e. The fourth-order valence-electron chi connectivity index (χ4n) is 4.44. The Labute approximate surface area is 238 Å². The number of benzene rings is 3. The first-order valence-corrected chi connectivity index (χ1v) is 15.2. The van der Waals surface area contributed by atoms with Gasteiger partial charge in [-0.1, -0.05) is 32.7 Å². The van der Waals surface area contributed by atoms with Crippen molar-refractivity contribution in [2.45, 2.75) is 22.3 Å². The molecule has 0 aliphatic carbocycles. The quantitative estimate of drug-likeness (QED) is 0.180. The molecule has 3 aromatic carbocycles. The Morgan fingerprint density at radius 3 is 2.34 bits per heavy atom. The molecule has 12 heteroatoms. The molecule has 5 aromatic rings. The molecule has 2 aromatic heterocycles. The second-order valence-corrected chi connectivity index (χ2v) is 12.7. The predicted molar refractivity (Wildman–Crippen MR) is 152 cm³/mol. The van der Waals surface area contributed by atoms with Gasteiger partial charge in [-0.3, -0.25) is 18.9 Å². The highest BCUT2D eigenvalue weighted by Gasteiger charge is 2.38. The second-order valence-electron chi connectivity index (χ2n) is 9.18. The maximum atomic E-state index is 13.5. The third-order valence-corrected chi connectivity index (χ3v) is 9.84. The zero-order chi connectivity index (χ0) is 29.2. The van der Waals surface area contributed by atoms with E-state index in [1.54, 1.807) is 61.1 Å². The SMILES string of the molecule is COC(=O)[C@H](Cc1ccc(O[S+](=O)([O-])c2cccc3cnccc23)cc1)N(C)[S+](=O)([O-])c1ccc2cnccc2c1. The molecule has 3 atom stereocenters. The molecular formula is C29H25N3O7S2. The minimum Gasteiger partial charge on any atom is -0.593 e. The first kappa shape index (κ1) is 28.5. The van der Waals surface area contributed by atoms with E-state index in [0.717, 1.165) is 9.69 Å². The molecule has 2 unspecified atom stereocenters. The van der Waals surface area contributed by atoms with Crippen molar-refractivity contribution in [1.82, 2.24) is 14.3 Å². The molecule has 10 nitrogen and oxygen atoms in total. The first-order chi connectivity index (χ1) is 19.6. The van der Waals surface area contributed by atoms with Crippen LogP contribution in [0.15, 0.2) is 107 Å². The number of rotatable bonds is 9. The Hall–Kier alpha value is -4.07. The standard InChI is InChI=1S/C29H25N3O7S2/c1-32(40(34,35)25-11-8-22-18-30-14-12-21(22)17-25)27(29(33)38-2)16-20-6-9-24(10-7-20)39-41(36,37)28-5-3-4-23-19-31-15-13-26(23)28/h3-15,17-19,27H,16H2,1-2H3/t27-/m0/s1. The maximum Gasteiger partial charge on any atom is 0.328 e. The van der Waals surface area contributed by atoms with Gasteiger partial charge in [0, 0.05) is 60.5 Å². The Balaban J connectivity index is 1.36. The van der Waals surface area contributed by atoms with Crippen molar-refractivity contribution in [2.24, 2.45) is 0 Å². The van der Waals surface area contributed by atoms with E-state index in [0.29, 0.717) is 21.7 Å². The Morgan fingerprint density at radius 2 is 1.61 bits per heavy atom. The van der Waals surface area contributed by atoms with Crippen LogP contribution in [0.4, 0.5) is 0 Å². The topological polar surface area (TPSA) is 145 Å². The molecular weight excluding hydrogens is 566 g/mol. The average molecular weight is 592 g/mol. The molecule has 0 amide bonds. The fourth-order valence-corrected chi connectivity index (χ4v) is 6.94. The second kappa shape index (κ2) is 11.4. The van der Waals surface area contributed by atoms with Crippen LogP contribution in [0.25, 0.3) is 21.5 Å². The predicted octanol–water partition coefficient (Wildman–Crippen LogP) is 4.39. The van der Waals surface area contributed by atoms with Gasteiger partial charge in [0.05, 0.1) is 7.11 Å². The number of sulfonamides is 1. The molecule has 0 spiro atoms. The van der Waals surface area contributed by atoms with Crippen LogP contribution >= 0.6 is 0 Å². The van der Waals surface area contributed by atoms with Crippen molar-refractivity contribution < 1.29 is 31.2 Å². The Bertz CT molecular complexity index is 1830. The lowest BCUT2D eigenvalue weighted by atomic mass is 10.1. The number of ether oxygens (including phenoxy) is 1. The molecule has 0 fully saturated rings. The summed E-state index contributed by atoms with van der Waals surface area (Å²) in [5, 5.41) is 2.60. The lowest BCUT2D eigenvalue weighted by Crippen LogP contribution is -2.47. The van der Waals surface area contributed by atoms with Crippen LogP contribution in [0.3, 0.4) is 0 Å². The van der Waals surface area contributed by atoms with Gasteiger partial charge in [0.2, 0.25) is 4.90 Å². The lowest BCUT2D eigenvalue weighted by molar-refractivity contribution is -0.144. The summed E-state index contributed by atoms with van der Waals surface area (Å²) in [4.78, 5) is 20.8. The molecule has 41 heavy (non-hydrogen) atoms. The van der Waals surface area contributed by atoms with Crippen molar-refractivity contribution in [3.63, 3.8) is 0 Å². The summed E-state index contributed by atoms with van der Waals surface area (Å²) >= 11 is 0. The maximum absolute atomic E-state index is 13.5. The zero-order valence-electron chi connectivity index (χ0n) is 22.0. The molecule has 2 heterocycles. The van der Waals surface area contributed by atoms with E-state index < -0.39 is 32.9 Å². The lowest BCUT2D eigenvalue weighted by Gasteiger charge is -2.29. The number of hydrogen-bond donors (Lipinski definition) is 0. The van der Waals surface area contributed by atoms with Gasteiger partial charge in [-0.15, -0.1) is 4.31 Å². The van der Waals surface area contributed by atoms with Crippen LogP contribution in [0.1, 0.15) is 5.56 Å². The molecule has 0 saturated heterocycles. The minimum atomic E-state index is -4.17. The van der Waals surface area contributed by atoms with Gasteiger partial charge in [-0.05, 0) is 53.4 Å². The molecule has 0 radical (unpaired) electrons. The van der Waals surface area contributed by atoms with Gasteiger partial charge in [0.1, 0.15) is 0 Å². The van der Waals surface area contributed by atoms with Gasteiger partial charge >= 0.3 is 5.97 Å². The van der Waals surface area contributed by atoms with Crippen LogP contribution < -0.4 is 4.18 Å². The summed E-state index contributed by atoms with van der Waals surface area (Å²) in [5.74, 6) is -0.685. The van der Waals surface area contributed by atoms with E-state index in [4.69, 9.17) is 8.92 Å². The molecule has 0 aliphatic rings. The summed E-state index contributed by atoms with van der Waals surface area (Å²) in [6.07, 6.45) is 6.24. The number of esters is 1. The summed E-state index contributed by atoms with van der Waals surface area (Å²) in [6.45, 7) is 0. The van der Waals surface area contributed by atoms with Crippen molar-refractivity contribution in [3.05, 3.63) is 103 Å². The number of carbonyl (C=O) groups is 1. The summed E-state index contributed by atoms with van der Waals surface area (Å²) < 4.78 is 64.3. The van der Waals surface area contributed by atoms with Gasteiger partial charge in [0.15, 0.2) is 27.1 Å². The highest BCUT2D eigenvalue weighted by Crippen LogP contribution is 2.30. The highest BCUT2D eigenvalue weighted by atomic mass is 32.3. The number of aromatic nitrogens is 2. The van der Waals surface area contributed by atoms with E-state index in [1.165, 1.54) is 50.7 Å². The van der Waals surface area contributed by atoms with Crippen LogP contribution in [-0.2, 0) is 45.3 Å². The van der Waals surface area contributed by atoms with Gasteiger partial charge in [-0.25, -0.2) is 0 Å². The van der Waals surface area contributed by atoms with E-state index >= 15 is 0 Å². The Morgan fingerprint density at radius 1 is 0.902 bits per heavy atom. The van der Waals surface area contributed by atoms with Crippen LogP contribution in [0.5, 0.6) is 5.75 Å². The third-order valence-electron chi connectivity index (χ3n) is 6.67. The fraction of sp³-hybridized carbons (Fsp3) is 0.138. The third kappa shape index (κ3) is 5.87. The number of fused-ring (bicyclic) bond motifs is 2. The molecule has 0 N–H and O–H groups in total. The monoisotopic (exact) mass is 591 g/mol. The van der Waals surface area contributed by atoms with Gasteiger partial charge in [0.25, 0.3) is 10.5 Å². The summed E-state index contributed by atoms with van der Waals surface area (Å²) in [5.41, 5.74) is 0.563. The van der Waals surface area contributed by atoms with Crippen molar-refractivity contribution >= 4 is 48.4 Å². The molecule has 5 rings (SSSR count). The summed E-state index contributed by atoms with van der Waals surface area (Å²) in [6, 6.07) is 17.6. The Kier molecular flexibility index (Phi) is 7.93. The molecule has 210 valence electrons. The average Bonchev–Trinajstić information content (AvgIpc) is 2.99. The van der Waals surface area contributed by atoms with Crippen LogP contribution in [-0.4, -0.2) is 49.5 Å². The first-order valence-electron chi connectivity index (χ1n) is 12.4. The number of nitrogens with zero attached hydrogens (tertiary/aromatic N) is 3. The minimum absolute atomic E-state index is 0.00372. The van der Waals surface area contributed by atoms with Crippen molar-refractivity contribution in [2.75, 3.05) is 14.2 Å². The number of hydrogen-bond acceptors (Lipinski definition) is 9. The largest absolute Gasteiger partial charge is 0.593 e. The van der Waals surface area contributed by atoms with Crippen molar-refractivity contribution in [1.29, 1.82) is 0 Å². The normalized spacial score (nSPS) is 15.2. The number of carbonyl (C=O) groups excluding carboxylic acids is 1.